The lowest BCUT2D eigenvalue weighted by molar-refractivity contribution is -0.192. The smallest absolute Gasteiger partial charge is 0.490 e. The first-order chi connectivity index (χ1) is 18.3. The van der Waals surface area contributed by atoms with Crippen LogP contribution in [0.2, 0.25) is 5.02 Å². The van der Waals surface area contributed by atoms with E-state index in [4.69, 9.17) is 26.2 Å². The Labute approximate surface area is 230 Å². The lowest BCUT2D eigenvalue weighted by Gasteiger charge is -2.37. The summed E-state index contributed by atoms with van der Waals surface area (Å²) in [6.07, 6.45) is -3.36. The zero-order valence-corrected chi connectivity index (χ0v) is 22.9. The van der Waals surface area contributed by atoms with Gasteiger partial charge in [0.1, 0.15) is 11.6 Å². The SMILES string of the molecule is CC(C)COc1ccc(CNC(=O)N(Cc2ccc(Cl)cc2F)C2CCN(C)CC2)cc1.O=C(O)C(F)(F)F. The van der Waals surface area contributed by atoms with Gasteiger partial charge in [0.15, 0.2) is 0 Å². The van der Waals surface area contributed by atoms with Crippen LogP contribution in [-0.4, -0.2) is 65.9 Å². The number of aliphatic carboxylic acids is 1. The number of carboxylic acids is 1. The highest BCUT2D eigenvalue weighted by Crippen LogP contribution is 2.22. The number of carbonyl (C=O) groups is 2. The van der Waals surface area contributed by atoms with Crippen molar-refractivity contribution in [1.82, 2.24) is 15.1 Å². The number of nitrogens with one attached hydrogen (secondary N) is 1. The first-order valence-corrected chi connectivity index (χ1v) is 12.8. The summed E-state index contributed by atoms with van der Waals surface area (Å²) in [5, 5.41) is 10.5. The van der Waals surface area contributed by atoms with Crippen molar-refractivity contribution in [3.05, 3.63) is 64.4 Å². The van der Waals surface area contributed by atoms with Gasteiger partial charge in [0.25, 0.3) is 0 Å². The number of carboxylic acid groups (broad SMARTS) is 1. The van der Waals surface area contributed by atoms with Gasteiger partial charge in [-0.3, -0.25) is 0 Å². The van der Waals surface area contributed by atoms with Crippen LogP contribution in [-0.2, 0) is 17.9 Å². The Bertz CT molecular complexity index is 1080. The molecule has 1 saturated heterocycles. The zero-order chi connectivity index (χ0) is 29.2. The molecule has 1 fully saturated rings. The van der Waals surface area contributed by atoms with E-state index in [1.54, 1.807) is 17.0 Å². The molecule has 0 aliphatic carbocycles. The number of alkyl halides is 3. The van der Waals surface area contributed by atoms with Crippen molar-refractivity contribution in [2.45, 2.75) is 52.0 Å². The average molecular weight is 576 g/mol. The van der Waals surface area contributed by atoms with Gasteiger partial charge in [0.2, 0.25) is 0 Å². The third kappa shape index (κ3) is 11.3. The molecule has 0 radical (unpaired) electrons. The summed E-state index contributed by atoms with van der Waals surface area (Å²) < 4.78 is 51.9. The van der Waals surface area contributed by atoms with Crippen molar-refractivity contribution in [3.8, 4) is 5.75 Å². The summed E-state index contributed by atoms with van der Waals surface area (Å²) >= 11 is 5.90. The number of urea groups is 1. The predicted octanol–water partition coefficient (Wildman–Crippen LogP) is 5.95. The summed E-state index contributed by atoms with van der Waals surface area (Å²) in [5.41, 5.74) is 1.45. The Morgan fingerprint density at radius 2 is 1.74 bits per heavy atom. The van der Waals surface area contributed by atoms with Crippen LogP contribution in [0.5, 0.6) is 5.75 Å². The summed E-state index contributed by atoms with van der Waals surface area (Å²) in [7, 11) is 2.08. The lowest BCUT2D eigenvalue weighted by atomic mass is 10.0. The molecule has 0 bridgehead atoms. The highest BCUT2D eigenvalue weighted by Gasteiger charge is 2.38. The number of hydrogen-bond acceptors (Lipinski definition) is 4. The minimum Gasteiger partial charge on any atom is -0.493 e. The van der Waals surface area contributed by atoms with E-state index < -0.39 is 12.1 Å². The molecule has 3 rings (SSSR count). The Balaban J connectivity index is 0.000000673. The molecule has 7 nitrogen and oxygen atoms in total. The van der Waals surface area contributed by atoms with Crippen molar-refractivity contribution in [2.24, 2.45) is 5.92 Å². The quantitative estimate of drug-likeness (QED) is 0.380. The molecular weight excluding hydrogens is 542 g/mol. The molecule has 0 atom stereocenters. The maximum atomic E-state index is 14.4. The van der Waals surface area contributed by atoms with Crippen molar-refractivity contribution in [3.63, 3.8) is 0 Å². The Morgan fingerprint density at radius 1 is 1.15 bits per heavy atom. The van der Waals surface area contributed by atoms with Gasteiger partial charge in [0, 0.05) is 23.2 Å². The number of nitrogens with zero attached hydrogens (tertiary/aromatic N) is 2. The van der Waals surface area contributed by atoms with Crippen LogP contribution < -0.4 is 10.1 Å². The van der Waals surface area contributed by atoms with Crippen molar-refractivity contribution in [1.29, 1.82) is 0 Å². The van der Waals surface area contributed by atoms with Gasteiger partial charge in [-0.05, 0) is 68.7 Å². The largest absolute Gasteiger partial charge is 0.493 e. The third-order valence-electron chi connectivity index (χ3n) is 5.94. The number of carbonyl (C=O) groups excluding carboxylic acids is 1. The third-order valence-corrected chi connectivity index (χ3v) is 6.17. The van der Waals surface area contributed by atoms with E-state index in [9.17, 15) is 22.4 Å². The molecule has 2 aromatic carbocycles. The van der Waals surface area contributed by atoms with Crippen molar-refractivity contribution >= 4 is 23.6 Å². The second-order valence-electron chi connectivity index (χ2n) is 9.71. The fourth-order valence-corrected chi connectivity index (χ4v) is 3.91. The molecule has 0 saturated carbocycles. The van der Waals surface area contributed by atoms with E-state index in [0.29, 0.717) is 29.7 Å². The highest BCUT2D eigenvalue weighted by atomic mass is 35.5. The van der Waals surface area contributed by atoms with E-state index in [1.165, 1.54) is 6.07 Å². The maximum Gasteiger partial charge on any atom is 0.490 e. The van der Waals surface area contributed by atoms with Gasteiger partial charge < -0.3 is 25.0 Å². The molecule has 0 aromatic heterocycles. The normalized spacial score (nSPS) is 14.4. The molecule has 0 spiro atoms. The van der Waals surface area contributed by atoms with Crippen LogP contribution in [0.25, 0.3) is 0 Å². The molecule has 0 unspecified atom stereocenters. The molecule has 2 aromatic rings. The predicted molar refractivity (Wildman–Crippen MR) is 140 cm³/mol. The number of piperidine rings is 1. The number of benzene rings is 2. The van der Waals surface area contributed by atoms with Crippen LogP contribution in [0.3, 0.4) is 0 Å². The van der Waals surface area contributed by atoms with Gasteiger partial charge in [-0.15, -0.1) is 0 Å². The number of ether oxygens (including phenoxy) is 1. The van der Waals surface area contributed by atoms with Gasteiger partial charge in [-0.1, -0.05) is 43.6 Å². The molecule has 1 aliphatic heterocycles. The molecular formula is C27H34ClF4N3O4. The minimum atomic E-state index is -5.08. The molecule has 1 aliphatic rings. The maximum absolute atomic E-state index is 14.4. The lowest BCUT2D eigenvalue weighted by Crippen LogP contribution is -2.49. The molecule has 39 heavy (non-hydrogen) atoms. The number of halogens is 5. The van der Waals surface area contributed by atoms with Crippen LogP contribution in [0.1, 0.15) is 37.8 Å². The fourth-order valence-electron chi connectivity index (χ4n) is 3.75. The number of rotatable bonds is 8. The van der Waals surface area contributed by atoms with Gasteiger partial charge >= 0.3 is 18.2 Å². The van der Waals surface area contributed by atoms with E-state index in [1.807, 2.05) is 24.3 Å². The van der Waals surface area contributed by atoms with Crippen LogP contribution in [0.15, 0.2) is 42.5 Å². The monoisotopic (exact) mass is 575 g/mol. The molecule has 1 heterocycles. The van der Waals surface area contributed by atoms with E-state index in [2.05, 4.69) is 31.1 Å². The molecule has 216 valence electrons. The van der Waals surface area contributed by atoms with E-state index in [-0.39, 0.29) is 24.4 Å². The Kier molecular flexibility index (Phi) is 12.3. The summed E-state index contributed by atoms with van der Waals surface area (Å²) in [4.78, 5) is 26.1. The standard InChI is InChI=1S/C25H33ClFN3O2.C2HF3O2/c1-18(2)17-32-23-8-4-19(5-9-23)15-28-25(31)30(22-10-12-29(3)13-11-22)16-20-6-7-21(26)14-24(20)27;3-2(4,5)1(6)7/h4-9,14,18,22H,10-13,15-17H2,1-3H3,(H,28,31);(H,6,7). The van der Waals surface area contributed by atoms with Crippen molar-refractivity contribution in [2.75, 3.05) is 26.7 Å². The first-order valence-electron chi connectivity index (χ1n) is 12.4. The second kappa shape index (κ2) is 14.9. The topological polar surface area (TPSA) is 82.1 Å². The number of likely N-dealkylation sites (tertiary alicyclic amines) is 1. The summed E-state index contributed by atoms with van der Waals surface area (Å²) in [6.45, 7) is 7.32. The van der Waals surface area contributed by atoms with Crippen molar-refractivity contribution < 1.29 is 37.0 Å². The number of amides is 2. The average Bonchev–Trinajstić information content (AvgIpc) is 2.86. The van der Waals surface area contributed by atoms with Crippen LogP contribution in [0.4, 0.5) is 22.4 Å². The molecule has 2 amide bonds. The molecule has 12 heteroatoms. The van der Waals surface area contributed by atoms with Gasteiger partial charge in [-0.25, -0.2) is 14.0 Å². The van der Waals surface area contributed by atoms with Gasteiger partial charge in [-0.2, -0.15) is 13.2 Å². The summed E-state index contributed by atoms with van der Waals surface area (Å²) in [5.74, 6) is -1.86. The van der Waals surface area contributed by atoms with Crippen LogP contribution >= 0.6 is 11.6 Å². The zero-order valence-electron chi connectivity index (χ0n) is 22.1. The van der Waals surface area contributed by atoms with E-state index >= 15 is 0 Å². The second-order valence-corrected chi connectivity index (χ2v) is 10.1. The van der Waals surface area contributed by atoms with Gasteiger partial charge in [0.05, 0.1) is 13.2 Å². The number of hydrogen-bond donors (Lipinski definition) is 2. The molecule has 2 N–H and O–H groups in total. The first kappa shape index (κ1) is 32.2. The Morgan fingerprint density at radius 3 is 2.26 bits per heavy atom. The van der Waals surface area contributed by atoms with E-state index in [0.717, 1.165) is 37.2 Å². The minimum absolute atomic E-state index is 0.0630. The summed E-state index contributed by atoms with van der Waals surface area (Å²) in [6, 6.07) is 12.2. The van der Waals surface area contributed by atoms with Crippen LogP contribution in [0, 0.1) is 11.7 Å². The fraction of sp³-hybridized carbons (Fsp3) is 0.481. The Hall–Kier alpha value is -3.05. The highest BCUT2D eigenvalue weighted by molar-refractivity contribution is 6.30.